The van der Waals surface area contributed by atoms with Crippen LogP contribution in [0.3, 0.4) is 0 Å². The van der Waals surface area contributed by atoms with Crippen molar-refractivity contribution in [3.63, 3.8) is 0 Å². The number of anilines is 1. The minimum atomic E-state index is -1.05. The van der Waals surface area contributed by atoms with Gasteiger partial charge in [0.15, 0.2) is 0 Å². The normalized spacial score (nSPS) is 18.6. The van der Waals surface area contributed by atoms with Crippen molar-refractivity contribution >= 4 is 28.9 Å². The molecule has 1 atom stereocenters. The maximum Gasteiger partial charge on any atom is 0.305 e. The van der Waals surface area contributed by atoms with E-state index in [9.17, 15) is 19.3 Å². The highest BCUT2D eigenvalue weighted by Crippen LogP contribution is 2.35. The van der Waals surface area contributed by atoms with E-state index in [0.717, 1.165) is 12.1 Å². The molecule has 9 heteroatoms. The molecule has 0 spiro atoms. The van der Waals surface area contributed by atoms with E-state index < -0.39 is 28.4 Å². The van der Waals surface area contributed by atoms with Gasteiger partial charge in [-0.25, -0.2) is 4.39 Å². The molecule has 0 radical (unpaired) electrons. The molecule has 2 rings (SSSR count). The highest BCUT2D eigenvalue weighted by Gasteiger charge is 2.31. The second-order valence-corrected chi connectivity index (χ2v) is 4.94. The van der Waals surface area contributed by atoms with E-state index >= 15 is 0 Å². The predicted molar refractivity (Wildman–Crippen MR) is 72.3 cm³/mol. The number of halogens is 2. The van der Waals surface area contributed by atoms with Crippen LogP contribution in [0, 0.1) is 15.9 Å². The standard InChI is InChI=1S/C12H12ClFN2O5/c13-8-4-10(11(16(19)20)5-9(8)14)15-1-2-21-6-7(15)3-12(17)18/h4-5,7H,1-3,6H2,(H,17,18). The summed E-state index contributed by atoms with van der Waals surface area (Å²) in [5, 5.41) is 19.7. The van der Waals surface area contributed by atoms with Crippen LogP contribution in [0.25, 0.3) is 0 Å². The number of rotatable bonds is 4. The lowest BCUT2D eigenvalue weighted by Crippen LogP contribution is -2.46. The van der Waals surface area contributed by atoms with Crippen molar-refractivity contribution in [2.75, 3.05) is 24.7 Å². The SMILES string of the molecule is O=C(O)CC1COCCN1c1cc(Cl)c(F)cc1[N+](=O)[O-]. The molecular formula is C12H12ClFN2O5. The van der Waals surface area contributed by atoms with Crippen LogP contribution < -0.4 is 4.90 Å². The van der Waals surface area contributed by atoms with Crippen LogP contribution in [0.15, 0.2) is 12.1 Å². The van der Waals surface area contributed by atoms with Crippen LogP contribution >= 0.6 is 11.6 Å². The molecule has 1 aromatic carbocycles. The Bertz CT molecular complexity index is 583. The number of nitrogens with zero attached hydrogens (tertiary/aromatic N) is 2. The Morgan fingerprint density at radius 2 is 2.33 bits per heavy atom. The number of hydrogen-bond acceptors (Lipinski definition) is 5. The van der Waals surface area contributed by atoms with E-state index in [0.29, 0.717) is 6.61 Å². The van der Waals surface area contributed by atoms with Gasteiger partial charge < -0.3 is 14.7 Å². The molecule has 0 aromatic heterocycles. The number of nitro benzene ring substituents is 1. The number of ether oxygens (including phenoxy) is 1. The maximum absolute atomic E-state index is 13.4. The van der Waals surface area contributed by atoms with Gasteiger partial charge in [-0.3, -0.25) is 14.9 Å². The fraction of sp³-hybridized carbons (Fsp3) is 0.417. The number of carbonyl (C=O) groups is 1. The summed E-state index contributed by atoms with van der Waals surface area (Å²) in [7, 11) is 0. The first-order valence-corrected chi connectivity index (χ1v) is 6.47. The molecule has 0 bridgehead atoms. The molecule has 7 nitrogen and oxygen atoms in total. The highest BCUT2D eigenvalue weighted by molar-refractivity contribution is 6.31. The molecule has 1 fully saturated rings. The fourth-order valence-corrected chi connectivity index (χ4v) is 2.40. The number of carboxylic acids is 1. The zero-order valence-corrected chi connectivity index (χ0v) is 11.5. The number of morpholine rings is 1. The van der Waals surface area contributed by atoms with Crippen molar-refractivity contribution in [3.05, 3.63) is 33.1 Å². The van der Waals surface area contributed by atoms with E-state index in [2.05, 4.69) is 0 Å². The Hall–Kier alpha value is -1.93. The van der Waals surface area contributed by atoms with Crippen LogP contribution in [0.2, 0.25) is 5.02 Å². The molecule has 21 heavy (non-hydrogen) atoms. The van der Waals surface area contributed by atoms with Crippen molar-refractivity contribution in [2.24, 2.45) is 0 Å². The minimum Gasteiger partial charge on any atom is -0.481 e. The summed E-state index contributed by atoms with van der Waals surface area (Å²) in [6.45, 7) is 0.682. The van der Waals surface area contributed by atoms with Gasteiger partial charge in [0.05, 0.1) is 41.7 Å². The molecule has 1 saturated heterocycles. The van der Waals surface area contributed by atoms with Gasteiger partial charge in [0.1, 0.15) is 11.5 Å². The van der Waals surface area contributed by atoms with Crippen LogP contribution in [-0.4, -0.2) is 41.8 Å². The van der Waals surface area contributed by atoms with Gasteiger partial charge in [-0.15, -0.1) is 0 Å². The first kappa shape index (κ1) is 15.5. The Balaban J connectivity index is 2.44. The number of nitro groups is 1. The number of hydrogen-bond donors (Lipinski definition) is 1. The van der Waals surface area contributed by atoms with E-state index in [1.165, 1.54) is 4.90 Å². The average Bonchev–Trinajstić information content (AvgIpc) is 2.41. The molecular weight excluding hydrogens is 307 g/mol. The summed E-state index contributed by atoms with van der Waals surface area (Å²) in [6.07, 6.45) is -0.244. The van der Waals surface area contributed by atoms with E-state index in [1.54, 1.807) is 0 Å². The molecule has 1 aromatic rings. The van der Waals surface area contributed by atoms with Gasteiger partial charge in [0.25, 0.3) is 5.69 Å². The lowest BCUT2D eigenvalue weighted by Gasteiger charge is -2.36. The van der Waals surface area contributed by atoms with E-state index in [4.69, 9.17) is 21.4 Å². The maximum atomic E-state index is 13.4. The summed E-state index contributed by atoms with van der Waals surface area (Å²) in [4.78, 5) is 22.8. The lowest BCUT2D eigenvalue weighted by atomic mass is 10.1. The molecule has 1 unspecified atom stereocenters. The Labute approximate surface area is 124 Å². The predicted octanol–water partition coefficient (Wildman–Crippen LogP) is 2.07. The molecule has 1 aliphatic rings. The quantitative estimate of drug-likeness (QED) is 0.674. The molecule has 1 aliphatic heterocycles. The second-order valence-electron chi connectivity index (χ2n) is 4.53. The third-order valence-electron chi connectivity index (χ3n) is 3.16. The summed E-state index contributed by atoms with van der Waals surface area (Å²) >= 11 is 5.69. The van der Waals surface area contributed by atoms with Gasteiger partial charge in [0, 0.05) is 6.54 Å². The Morgan fingerprint density at radius 3 is 2.95 bits per heavy atom. The molecule has 0 amide bonds. The van der Waals surface area contributed by atoms with E-state index in [-0.39, 0.29) is 30.3 Å². The van der Waals surface area contributed by atoms with Crippen LogP contribution in [0.4, 0.5) is 15.8 Å². The van der Waals surface area contributed by atoms with Crippen molar-refractivity contribution in [2.45, 2.75) is 12.5 Å². The second kappa shape index (κ2) is 6.23. The van der Waals surface area contributed by atoms with Crippen LogP contribution in [0.1, 0.15) is 6.42 Å². The van der Waals surface area contributed by atoms with E-state index in [1.807, 2.05) is 0 Å². The fourth-order valence-electron chi connectivity index (χ4n) is 2.24. The monoisotopic (exact) mass is 318 g/mol. The minimum absolute atomic E-state index is 0.0981. The van der Waals surface area contributed by atoms with Crippen LogP contribution in [-0.2, 0) is 9.53 Å². The largest absolute Gasteiger partial charge is 0.481 e. The number of aliphatic carboxylic acids is 1. The molecule has 1 heterocycles. The Morgan fingerprint density at radius 1 is 1.62 bits per heavy atom. The molecule has 0 saturated carbocycles. The third kappa shape index (κ3) is 3.40. The highest BCUT2D eigenvalue weighted by atomic mass is 35.5. The number of carboxylic acid groups (broad SMARTS) is 1. The van der Waals surface area contributed by atoms with Crippen molar-refractivity contribution in [1.29, 1.82) is 0 Å². The number of benzene rings is 1. The molecule has 0 aliphatic carbocycles. The lowest BCUT2D eigenvalue weighted by molar-refractivity contribution is -0.384. The summed E-state index contributed by atoms with van der Waals surface area (Å²) in [5.41, 5.74) is -0.352. The smallest absolute Gasteiger partial charge is 0.305 e. The zero-order chi connectivity index (χ0) is 15.6. The van der Waals surface area contributed by atoms with Crippen LogP contribution in [0.5, 0.6) is 0 Å². The van der Waals surface area contributed by atoms with Gasteiger partial charge in [0.2, 0.25) is 0 Å². The van der Waals surface area contributed by atoms with Gasteiger partial charge in [-0.2, -0.15) is 0 Å². The molecule has 114 valence electrons. The third-order valence-corrected chi connectivity index (χ3v) is 3.45. The van der Waals surface area contributed by atoms with Crippen molar-refractivity contribution in [3.8, 4) is 0 Å². The van der Waals surface area contributed by atoms with Gasteiger partial charge in [-0.1, -0.05) is 11.6 Å². The first-order chi connectivity index (χ1) is 9.90. The topological polar surface area (TPSA) is 92.9 Å². The van der Waals surface area contributed by atoms with Crippen molar-refractivity contribution in [1.82, 2.24) is 0 Å². The summed E-state index contributed by atoms with van der Waals surface area (Å²) in [5.74, 6) is -1.94. The zero-order valence-electron chi connectivity index (χ0n) is 10.8. The summed E-state index contributed by atoms with van der Waals surface area (Å²) in [6, 6.07) is 1.32. The van der Waals surface area contributed by atoms with Crippen molar-refractivity contribution < 1.29 is 24.0 Å². The summed E-state index contributed by atoms with van der Waals surface area (Å²) < 4.78 is 18.6. The van der Waals surface area contributed by atoms with Gasteiger partial charge in [-0.05, 0) is 6.07 Å². The Kier molecular flexibility index (Phi) is 4.59. The van der Waals surface area contributed by atoms with Gasteiger partial charge >= 0.3 is 5.97 Å². The average molecular weight is 319 g/mol. The molecule has 1 N–H and O–H groups in total. The first-order valence-electron chi connectivity index (χ1n) is 6.09.